The summed E-state index contributed by atoms with van der Waals surface area (Å²) in [6.45, 7) is 2.06. The van der Waals surface area contributed by atoms with Crippen LogP contribution in [0.1, 0.15) is 30.3 Å². The first-order chi connectivity index (χ1) is 10.0. The molecule has 114 valence electrons. The standard InChI is InChI=1S/C14H18N2O5/c1-9(15-12(17)11-6-4-8-21-11)13(18)16-7-3-5-10(16)14(19)20-2/h4,6,8-10H,3,5,7H2,1-2H3,(H,15,17). The first-order valence-corrected chi connectivity index (χ1v) is 6.77. The number of rotatable bonds is 4. The second kappa shape index (κ2) is 6.43. The van der Waals surface area contributed by atoms with E-state index < -0.39 is 24.0 Å². The maximum Gasteiger partial charge on any atom is 0.328 e. The Kier molecular flexibility index (Phi) is 4.62. The van der Waals surface area contributed by atoms with Crippen LogP contribution in [0.25, 0.3) is 0 Å². The zero-order valence-corrected chi connectivity index (χ0v) is 12.0. The van der Waals surface area contributed by atoms with Crippen molar-refractivity contribution in [3.05, 3.63) is 24.2 Å². The number of nitrogens with one attached hydrogen (secondary N) is 1. The van der Waals surface area contributed by atoms with Crippen LogP contribution < -0.4 is 5.32 Å². The first-order valence-electron chi connectivity index (χ1n) is 6.77. The third-order valence-electron chi connectivity index (χ3n) is 3.47. The van der Waals surface area contributed by atoms with Crippen LogP contribution in [0.15, 0.2) is 22.8 Å². The Morgan fingerprint density at radius 3 is 2.86 bits per heavy atom. The molecule has 1 saturated heterocycles. The van der Waals surface area contributed by atoms with E-state index in [4.69, 9.17) is 9.15 Å². The van der Waals surface area contributed by atoms with Crippen molar-refractivity contribution in [3.63, 3.8) is 0 Å². The summed E-state index contributed by atoms with van der Waals surface area (Å²) >= 11 is 0. The van der Waals surface area contributed by atoms with Gasteiger partial charge in [0, 0.05) is 6.54 Å². The van der Waals surface area contributed by atoms with Gasteiger partial charge >= 0.3 is 5.97 Å². The minimum Gasteiger partial charge on any atom is -0.467 e. The van der Waals surface area contributed by atoms with Gasteiger partial charge in [0.2, 0.25) is 5.91 Å². The smallest absolute Gasteiger partial charge is 0.328 e. The summed E-state index contributed by atoms with van der Waals surface area (Å²) in [4.78, 5) is 37.3. The second-order valence-corrected chi connectivity index (χ2v) is 4.89. The van der Waals surface area contributed by atoms with Gasteiger partial charge in [-0.05, 0) is 31.9 Å². The van der Waals surface area contributed by atoms with E-state index >= 15 is 0 Å². The molecule has 2 atom stereocenters. The molecule has 1 aromatic rings. The maximum atomic E-state index is 12.4. The van der Waals surface area contributed by atoms with Crippen LogP contribution in [-0.4, -0.2) is 48.4 Å². The minimum atomic E-state index is -0.743. The predicted molar refractivity (Wildman–Crippen MR) is 72.4 cm³/mol. The molecule has 1 aliphatic heterocycles. The zero-order chi connectivity index (χ0) is 15.4. The van der Waals surface area contributed by atoms with Gasteiger partial charge in [-0.25, -0.2) is 4.79 Å². The van der Waals surface area contributed by atoms with Gasteiger partial charge in [-0.3, -0.25) is 9.59 Å². The van der Waals surface area contributed by atoms with Gasteiger partial charge in [-0.2, -0.15) is 0 Å². The van der Waals surface area contributed by atoms with E-state index in [1.165, 1.54) is 24.3 Å². The summed E-state index contributed by atoms with van der Waals surface area (Å²) < 4.78 is 9.67. The molecule has 2 rings (SSSR count). The molecular weight excluding hydrogens is 276 g/mol. The molecule has 0 saturated carbocycles. The summed E-state index contributed by atoms with van der Waals surface area (Å²) in [6, 6.07) is 1.80. The highest BCUT2D eigenvalue weighted by atomic mass is 16.5. The van der Waals surface area contributed by atoms with Gasteiger partial charge in [0.1, 0.15) is 12.1 Å². The average molecular weight is 294 g/mol. The molecule has 7 heteroatoms. The minimum absolute atomic E-state index is 0.139. The van der Waals surface area contributed by atoms with Crippen LogP contribution in [0.2, 0.25) is 0 Å². The lowest BCUT2D eigenvalue weighted by atomic mass is 10.2. The van der Waals surface area contributed by atoms with E-state index in [0.29, 0.717) is 13.0 Å². The largest absolute Gasteiger partial charge is 0.467 e. The molecule has 0 spiro atoms. The van der Waals surface area contributed by atoms with Crippen LogP contribution in [0, 0.1) is 0 Å². The van der Waals surface area contributed by atoms with Crippen molar-refractivity contribution in [3.8, 4) is 0 Å². The normalized spacial score (nSPS) is 19.1. The van der Waals surface area contributed by atoms with Crippen molar-refractivity contribution in [2.45, 2.75) is 31.8 Å². The Balaban J connectivity index is 1.98. The van der Waals surface area contributed by atoms with Gasteiger partial charge in [0.15, 0.2) is 5.76 Å². The Hall–Kier alpha value is -2.31. The third kappa shape index (κ3) is 3.24. The van der Waals surface area contributed by atoms with E-state index in [1.807, 2.05) is 0 Å². The summed E-state index contributed by atoms with van der Waals surface area (Å²) in [7, 11) is 1.30. The van der Waals surface area contributed by atoms with Crippen molar-refractivity contribution >= 4 is 17.8 Å². The van der Waals surface area contributed by atoms with E-state index in [0.717, 1.165) is 6.42 Å². The molecule has 0 bridgehead atoms. The lowest BCUT2D eigenvalue weighted by molar-refractivity contribution is -0.151. The van der Waals surface area contributed by atoms with Crippen molar-refractivity contribution in [2.75, 3.05) is 13.7 Å². The molecule has 21 heavy (non-hydrogen) atoms. The molecule has 2 unspecified atom stereocenters. The van der Waals surface area contributed by atoms with Crippen molar-refractivity contribution in [1.82, 2.24) is 10.2 Å². The Bertz CT molecular complexity index is 525. The molecule has 0 aliphatic carbocycles. The fraction of sp³-hybridized carbons (Fsp3) is 0.500. The molecule has 2 amide bonds. The molecule has 7 nitrogen and oxygen atoms in total. The molecule has 1 aliphatic rings. The van der Waals surface area contributed by atoms with Crippen LogP contribution in [0.3, 0.4) is 0 Å². The monoisotopic (exact) mass is 294 g/mol. The average Bonchev–Trinajstić information content (AvgIpc) is 3.16. The van der Waals surface area contributed by atoms with Crippen molar-refractivity contribution < 1.29 is 23.5 Å². The Morgan fingerprint density at radius 1 is 1.48 bits per heavy atom. The number of carbonyl (C=O) groups is 3. The third-order valence-corrected chi connectivity index (χ3v) is 3.47. The summed E-state index contributed by atoms with van der Waals surface area (Å²) in [5.74, 6) is -1.05. The molecule has 1 fully saturated rings. The van der Waals surface area contributed by atoms with E-state index in [9.17, 15) is 14.4 Å². The van der Waals surface area contributed by atoms with Crippen molar-refractivity contribution in [2.24, 2.45) is 0 Å². The number of likely N-dealkylation sites (tertiary alicyclic amines) is 1. The molecule has 2 heterocycles. The van der Waals surface area contributed by atoms with Gasteiger partial charge in [0.25, 0.3) is 5.91 Å². The molecule has 0 radical (unpaired) electrons. The number of nitrogens with zero attached hydrogens (tertiary/aromatic N) is 1. The fourth-order valence-corrected chi connectivity index (χ4v) is 2.40. The van der Waals surface area contributed by atoms with E-state index in [1.54, 1.807) is 13.0 Å². The maximum absolute atomic E-state index is 12.4. The Labute approximate surface area is 122 Å². The molecular formula is C14H18N2O5. The number of esters is 1. The number of hydrogen-bond donors (Lipinski definition) is 1. The van der Waals surface area contributed by atoms with E-state index in [2.05, 4.69) is 5.32 Å². The van der Waals surface area contributed by atoms with Crippen molar-refractivity contribution in [1.29, 1.82) is 0 Å². The lowest BCUT2D eigenvalue weighted by Gasteiger charge is -2.25. The highest BCUT2D eigenvalue weighted by molar-refractivity contribution is 5.96. The van der Waals surface area contributed by atoms with Crippen LogP contribution >= 0.6 is 0 Å². The zero-order valence-electron chi connectivity index (χ0n) is 12.0. The quantitative estimate of drug-likeness (QED) is 0.820. The van der Waals surface area contributed by atoms with Crippen LogP contribution in [0.5, 0.6) is 0 Å². The van der Waals surface area contributed by atoms with Gasteiger partial charge in [0.05, 0.1) is 13.4 Å². The number of furan rings is 1. The summed E-state index contributed by atoms with van der Waals surface area (Å²) in [5, 5.41) is 2.56. The lowest BCUT2D eigenvalue weighted by Crippen LogP contribution is -2.50. The number of methoxy groups -OCH3 is 1. The highest BCUT2D eigenvalue weighted by Gasteiger charge is 2.37. The first kappa shape index (κ1) is 15.1. The Morgan fingerprint density at radius 2 is 2.24 bits per heavy atom. The van der Waals surface area contributed by atoms with E-state index in [-0.39, 0.29) is 11.7 Å². The second-order valence-electron chi connectivity index (χ2n) is 4.89. The molecule has 1 N–H and O–H groups in total. The topological polar surface area (TPSA) is 88.9 Å². The highest BCUT2D eigenvalue weighted by Crippen LogP contribution is 2.19. The summed E-state index contributed by atoms with van der Waals surface area (Å²) in [6.07, 6.45) is 2.71. The molecule has 0 aromatic carbocycles. The van der Waals surface area contributed by atoms with Crippen LogP contribution in [-0.2, 0) is 14.3 Å². The molecule has 1 aromatic heterocycles. The number of carbonyl (C=O) groups excluding carboxylic acids is 3. The number of amides is 2. The van der Waals surface area contributed by atoms with Gasteiger partial charge in [-0.1, -0.05) is 0 Å². The number of hydrogen-bond acceptors (Lipinski definition) is 5. The summed E-state index contributed by atoms with van der Waals surface area (Å²) in [5.41, 5.74) is 0. The van der Waals surface area contributed by atoms with Gasteiger partial charge < -0.3 is 19.4 Å². The van der Waals surface area contributed by atoms with Crippen LogP contribution in [0.4, 0.5) is 0 Å². The fourth-order valence-electron chi connectivity index (χ4n) is 2.40. The van der Waals surface area contributed by atoms with Gasteiger partial charge in [-0.15, -0.1) is 0 Å². The number of ether oxygens (including phenoxy) is 1. The SMILES string of the molecule is COC(=O)C1CCCN1C(=O)C(C)NC(=O)c1ccco1. The predicted octanol–water partition coefficient (Wildman–Crippen LogP) is 0.562.